The maximum absolute atomic E-state index is 13.0. The second kappa shape index (κ2) is 9.03. The van der Waals surface area contributed by atoms with Gasteiger partial charge in [-0.2, -0.15) is 0 Å². The molecule has 0 spiro atoms. The number of hydrogen-bond donors (Lipinski definition) is 1. The number of anilines is 2. The largest absolute Gasteiger partial charge is 0.573 e. The average molecular weight is 481 g/mol. The molecule has 0 unspecified atom stereocenters. The molecule has 7 nitrogen and oxygen atoms in total. The Morgan fingerprint density at radius 1 is 1.03 bits per heavy atom. The molecule has 0 fully saturated rings. The van der Waals surface area contributed by atoms with E-state index in [-0.39, 0.29) is 17.3 Å². The summed E-state index contributed by atoms with van der Waals surface area (Å²) in [6.45, 7) is 1.69. The van der Waals surface area contributed by atoms with Gasteiger partial charge < -0.3 is 19.7 Å². The summed E-state index contributed by atoms with van der Waals surface area (Å²) in [6.07, 6.45) is -2.36. The van der Waals surface area contributed by atoms with E-state index in [1.807, 2.05) is 6.07 Å². The van der Waals surface area contributed by atoms with Crippen molar-refractivity contribution in [3.8, 4) is 22.8 Å². The minimum Gasteiger partial charge on any atom is -0.480 e. The number of rotatable bonds is 5. The van der Waals surface area contributed by atoms with Crippen LogP contribution in [0.1, 0.15) is 11.3 Å². The summed E-state index contributed by atoms with van der Waals surface area (Å²) >= 11 is 0. The number of nitrogens with zero attached hydrogens (tertiary/aromatic N) is 4. The molecule has 1 aliphatic heterocycles. The predicted octanol–water partition coefficient (Wildman–Crippen LogP) is 5.33. The van der Waals surface area contributed by atoms with E-state index in [1.165, 1.54) is 12.1 Å². The number of para-hydroxylation sites is 2. The van der Waals surface area contributed by atoms with Crippen molar-refractivity contribution in [1.29, 1.82) is 0 Å². The minimum absolute atomic E-state index is 0.267. The Morgan fingerprint density at radius 2 is 1.83 bits per heavy atom. The molecule has 2 aromatic carbocycles. The zero-order chi connectivity index (χ0) is 24.6. The lowest BCUT2D eigenvalue weighted by Crippen LogP contribution is -2.27. The monoisotopic (exact) mass is 481 g/mol. The first kappa shape index (κ1) is 22.9. The number of hydrogen-bond acceptors (Lipinski definition) is 7. The number of alkyl halides is 3. The highest BCUT2D eigenvalue weighted by Crippen LogP contribution is 2.37. The van der Waals surface area contributed by atoms with Crippen molar-refractivity contribution in [2.45, 2.75) is 19.3 Å². The van der Waals surface area contributed by atoms with Crippen LogP contribution in [0.4, 0.5) is 24.8 Å². The first-order chi connectivity index (χ1) is 16.8. The standard InChI is InChI=1S/C25H22F3N5O2/c1-33-11-10-19-16(14-33)12-20(23(30-19)34-2)31-24-29-13-15-6-5-8-18(22(15)32-24)17-7-3-4-9-21(17)35-25(26,27)28/h3-9,12-13H,10-11,14H2,1-2H3,(H,29,31,32). The van der Waals surface area contributed by atoms with Gasteiger partial charge in [-0.25, -0.2) is 15.0 Å². The number of methoxy groups -OCH3 is 1. The third-order valence-corrected chi connectivity index (χ3v) is 5.78. The summed E-state index contributed by atoms with van der Waals surface area (Å²) in [5.41, 5.74) is 3.93. The summed E-state index contributed by atoms with van der Waals surface area (Å²) in [5.74, 6) is 0.392. The highest BCUT2D eigenvalue weighted by molar-refractivity contribution is 5.95. The van der Waals surface area contributed by atoms with Crippen molar-refractivity contribution < 1.29 is 22.6 Å². The van der Waals surface area contributed by atoms with Crippen LogP contribution in [0, 0.1) is 0 Å². The molecule has 35 heavy (non-hydrogen) atoms. The van der Waals surface area contributed by atoms with Crippen LogP contribution in [-0.2, 0) is 13.0 Å². The first-order valence-corrected chi connectivity index (χ1v) is 10.9. The van der Waals surface area contributed by atoms with Crippen molar-refractivity contribution >= 4 is 22.5 Å². The Balaban J connectivity index is 1.56. The lowest BCUT2D eigenvalue weighted by Gasteiger charge is -2.25. The Morgan fingerprint density at radius 3 is 2.63 bits per heavy atom. The molecule has 10 heteroatoms. The zero-order valence-electron chi connectivity index (χ0n) is 19.1. The van der Waals surface area contributed by atoms with Crippen LogP contribution in [-0.4, -0.2) is 46.9 Å². The maximum Gasteiger partial charge on any atom is 0.573 e. The van der Waals surface area contributed by atoms with Crippen molar-refractivity contribution in [3.63, 3.8) is 0 Å². The number of likely N-dealkylation sites (N-methyl/N-ethyl adjacent to an activating group) is 1. The molecule has 3 heterocycles. The van der Waals surface area contributed by atoms with Gasteiger partial charge in [-0.3, -0.25) is 0 Å². The van der Waals surface area contributed by atoms with Gasteiger partial charge in [0.15, 0.2) is 0 Å². The summed E-state index contributed by atoms with van der Waals surface area (Å²) in [6, 6.07) is 13.2. The Kier molecular flexibility index (Phi) is 5.89. The number of benzene rings is 2. The quantitative estimate of drug-likeness (QED) is 0.413. The smallest absolute Gasteiger partial charge is 0.480 e. The summed E-state index contributed by atoms with van der Waals surface area (Å²) in [5, 5.41) is 3.85. The van der Waals surface area contributed by atoms with Gasteiger partial charge in [0.05, 0.1) is 18.3 Å². The molecule has 0 atom stereocenters. The van der Waals surface area contributed by atoms with Gasteiger partial charge in [0.2, 0.25) is 11.8 Å². The Labute approximate surface area is 199 Å². The van der Waals surface area contributed by atoms with E-state index in [0.29, 0.717) is 28.0 Å². The third-order valence-electron chi connectivity index (χ3n) is 5.78. The van der Waals surface area contributed by atoms with E-state index >= 15 is 0 Å². The molecule has 0 saturated heterocycles. The molecule has 4 aromatic rings. The number of ether oxygens (including phenoxy) is 2. The van der Waals surface area contributed by atoms with E-state index in [1.54, 1.807) is 43.6 Å². The molecule has 2 aromatic heterocycles. The summed E-state index contributed by atoms with van der Waals surface area (Å²) in [7, 11) is 3.60. The predicted molar refractivity (Wildman–Crippen MR) is 126 cm³/mol. The fraction of sp³-hybridized carbons (Fsp3) is 0.240. The molecule has 0 amide bonds. The third kappa shape index (κ3) is 4.83. The molecule has 0 radical (unpaired) electrons. The summed E-state index contributed by atoms with van der Waals surface area (Å²) < 4.78 is 48.7. The number of halogens is 3. The lowest BCUT2D eigenvalue weighted by molar-refractivity contribution is -0.274. The maximum atomic E-state index is 13.0. The van der Waals surface area contributed by atoms with Gasteiger partial charge in [0.25, 0.3) is 0 Å². The molecule has 0 saturated carbocycles. The molecule has 180 valence electrons. The van der Waals surface area contributed by atoms with E-state index in [4.69, 9.17) is 4.74 Å². The van der Waals surface area contributed by atoms with Crippen LogP contribution < -0.4 is 14.8 Å². The van der Waals surface area contributed by atoms with Gasteiger partial charge in [0, 0.05) is 42.2 Å². The molecular formula is C25H22F3N5O2. The van der Waals surface area contributed by atoms with Gasteiger partial charge >= 0.3 is 6.36 Å². The van der Waals surface area contributed by atoms with Crippen molar-refractivity contribution in [2.24, 2.45) is 0 Å². The van der Waals surface area contributed by atoms with Gasteiger partial charge in [-0.15, -0.1) is 13.2 Å². The number of aromatic nitrogens is 3. The van der Waals surface area contributed by atoms with E-state index in [9.17, 15) is 13.2 Å². The fourth-order valence-corrected chi connectivity index (χ4v) is 4.20. The molecular weight excluding hydrogens is 459 g/mol. The van der Waals surface area contributed by atoms with Crippen LogP contribution in [0.25, 0.3) is 22.0 Å². The van der Waals surface area contributed by atoms with Crippen LogP contribution in [0.5, 0.6) is 11.6 Å². The molecule has 1 aliphatic rings. The van der Waals surface area contributed by atoms with Crippen LogP contribution in [0.3, 0.4) is 0 Å². The second-order valence-corrected chi connectivity index (χ2v) is 8.24. The fourth-order valence-electron chi connectivity index (χ4n) is 4.20. The van der Waals surface area contributed by atoms with Gasteiger partial charge in [-0.1, -0.05) is 36.4 Å². The highest BCUT2D eigenvalue weighted by Gasteiger charge is 2.32. The van der Waals surface area contributed by atoms with Gasteiger partial charge in [-0.05, 0) is 24.7 Å². The first-order valence-electron chi connectivity index (χ1n) is 10.9. The van der Waals surface area contributed by atoms with Crippen molar-refractivity contribution in [3.05, 3.63) is 66.0 Å². The topological polar surface area (TPSA) is 72.4 Å². The van der Waals surface area contributed by atoms with Crippen molar-refractivity contribution in [2.75, 3.05) is 26.0 Å². The molecule has 0 bridgehead atoms. The van der Waals surface area contributed by atoms with E-state index < -0.39 is 6.36 Å². The number of pyridine rings is 1. The normalized spacial score (nSPS) is 14.0. The molecule has 5 rings (SSSR count). The van der Waals surface area contributed by atoms with Crippen LogP contribution >= 0.6 is 0 Å². The Hall–Kier alpha value is -3.92. The molecule has 0 aliphatic carbocycles. The van der Waals surface area contributed by atoms with E-state index in [0.717, 1.165) is 30.8 Å². The van der Waals surface area contributed by atoms with Crippen molar-refractivity contribution in [1.82, 2.24) is 19.9 Å². The highest BCUT2D eigenvalue weighted by atomic mass is 19.4. The zero-order valence-corrected chi connectivity index (χ0v) is 19.1. The Bertz CT molecular complexity index is 1390. The molecule has 1 N–H and O–H groups in total. The summed E-state index contributed by atoms with van der Waals surface area (Å²) in [4.78, 5) is 15.9. The lowest BCUT2D eigenvalue weighted by atomic mass is 10.0. The second-order valence-electron chi connectivity index (χ2n) is 8.24. The van der Waals surface area contributed by atoms with Gasteiger partial charge in [0.1, 0.15) is 11.4 Å². The van der Waals surface area contributed by atoms with Crippen LogP contribution in [0.15, 0.2) is 54.7 Å². The number of nitrogens with one attached hydrogen (secondary N) is 1. The van der Waals surface area contributed by atoms with Crippen LogP contribution in [0.2, 0.25) is 0 Å². The number of fused-ring (bicyclic) bond motifs is 2. The van der Waals surface area contributed by atoms with E-state index in [2.05, 4.69) is 37.0 Å². The minimum atomic E-state index is -4.81. The average Bonchev–Trinajstić information content (AvgIpc) is 2.82. The SMILES string of the molecule is COc1nc2c(cc1Nc1ncc3cccc(-c4ccccc4OC(F)(F)F)c3n1)CN(C)CC2.